The first-order valence-electron chi connectivity index (χ1n) is 8.22. The van der Waals surface area contributed by atoms with Crippen LogP contribution in [0.2, 0.25) is 0 Å². The zero-order chi connectivity index (χ0) is 15.1. The van der Waals surface area contributed by atoms with E-state index >= 15 is 0 Å². The van der Waals surface area contributed by atoms with Gasteiger partial charge in [-0.1, -0.05) is 31.4 Å². The van der Waals surface area contributed by atoms with E-state index in [2.05, 4.69) is 47.4 Å². The predicted octanol–water partition coefficient (Wildman–Crippen LogP) is 3.96. The molecule has 1 aliphatic rings. The molecule has 1 saturated carbocycles. The van der Waals surface area contributed by atoms with E-state index in [-0.39, 0.29) is 0 Å². The molecule has 2 aromatic heterocycles. The number of anilines is 1. The maximum Gasteiger partial charge on any atom is 0.158 e. The molecule has 22 heavy (non-hydrogen) atoms. The Morgan fingerprint density at radius 3 is 2.73 bits per heavy atom. The van der Waals surface area contributed by atoms with Crippen molar-refractivity contribution in [2.75, 3.05) is 11.9 Å². The van der Waals surface area contributed by atoms with Crippen molar-refractivity contribution in [3.05, 3.63) is 36.0 Å². The topological polar surface area (TPSA) is 33.4 Å². The second-order valence-corrected chi connectivity index (χ2v) is 6.41. The Labute approximate surface area is 130 Å². The molecule has 114 valence electrons. The average molecular weight is 294 g/mol. The van der Waals surface area contributed by atoms with Gasteiger partial charge < -0.3 is 4.90 Å². The Bertz CT molecular complexity index is 814. The van der Waals surface area contributed by atoms with Gasteiger partial charge >= 0.3 is 0 Å². The van der Waals surface area contributed by atoms with Crippen LogP contribution in [-0.2, 0) is 0 Å². The fraction of sp³-hybridized carbons (Fsp3) is 0.444. The normalized spacial score (nSPS) is 16.5. The quantitative estimate of drug-likeness (QED) is 0.717. The van der Waals surface area contributed by atoms with Crippen LogP contribution in [0.5, 0.6) is 0 Å². The first kappa shape index (κ1) is 13.6. The van der Waals surface area contributed by atoms with Gasteiger partial charge in [0.15, 0.2) is 5.65 Å². The summed E-state index contributed by atoms with van der Waals surface area (Å²) < 4.78 is 1.96. The van der Waals surface area contributed by atoms with E-state index < -0.39 is 0 Å². The highest BCUT2D eigenvalue weighted by molar-refractivity contribution is 5.91. The lowest BCUT2D eigenvalue weighted by Crippen LogP contribution is -2.34. The number of para-hydroxylation sites is 1. The molecule has 0 N–H and O–H groups in total. The minimum absolute atomic E-state index is 0.608. The highest BCUT2D eigenvalue weighted by Crippen LogP contribution is 2.30. The van der Waals surface area contributed by atoms with Crippen molar-refractivity contribution in [1.82, 2.24) is 14.6 Å². The van der Waals surface area contributed by atoms with Crippen molar-refractivity contribution >= 4 is 22.4 Å². The lowest BCUT2D eigenvalue weighted by Gasteiger charge is -2.32. The summed E-state index contributed by atoms with van der Waals surface area (Å²) >= 11 is 0. The number of hydrogen-bond donors (Lipinski definition) is 0. The second-order valence-electron chi connectivity index (χ2n) is 6.41. The number of hydrogen-bond acceptors (Lipinski definition) is 3. The summed E-state index contributed by atoms with van der Waals surface area (Å²) in [4.78, 5) is 7.32. The molecule has 0 radical (unpaired) electrons. The molecular weight excluding hydrogens is 272 g/mol. The zero-order valence-electron chi connectivity index (χ0n) is 13.3. The van der Waals surface area contributed by atoms with Crippen LogP contribution < -0.4 is 4.90 Å². The van der Waals surface area contributed by atoms with Crippen LogP contribution in [0.1, 0.15) is 37.8 Å². The number of aryl methyl sites for hydroxylation is 1. The first-order valence-corrected chi connectivity index (χ1v) is 8.22. The average Bonchev–Trinajstić information content (AvgIpc) is 2.95. The Kier molecular flexibility index (Phi) is 3.25. The molecule has 4 heteroatoms. The molecule has 0 aliphatic heterocycles. The number of aromatic nitrogens is 3. The van der Waals surface area contributed by atoms with E-state index in [1.165, 1.54) is 37.5 Å². The van der Waals surface area contributed by atoms with Crippen molar-refractivity contribution in [3.8, 4) is 0 Å². The SMILES string of the molecule is Cc1cc2nc(N(C)C3CCCCC3)c3ccccc3n2n1. The Hall–Kier alpha value is -2.10. The predicted molar refractivity (Wildman–Crippen MR) is 90.5 cm³/mol. The molecule has 0 bridgehead atoms. The highest BCUT2D eigenvalue weighted by atomic mass is 15.3. The smallest absolute Gasteiger partial charge is 0.158 e. The van der Waals surface area contributed by atoms with Gasteiger partial charge in [0.05, 0.1) is 11.2 Å². The summed E-state index contributed by atoms with van der Waals surface area (Å²) in [5.41, 5.74) is 3.09. The largest absolute Gasteiger partial charge is 0.356 e. The van der Waals surface area contributed by atoms with E-state index in [4.69, 9.17) is 4.98 Å². The standard InChI is InChI=1S/C18H22N4/c1-13-12-17-19-18(21(2)14-8-4-3-5-9-14)15-10-6-7-11-16(15)22(17)20-13/h6-7,10-12,14H,3-5,8-9H2,1-2H3. The van der Waals surface area contributed by atoms with Gasteiger partial charge in [-0.25, -0.2) is 9.50 Å². The maximum absolute atomic E-state index is 4.93. The van der Waals surface area contributed by atoms with E-state index in [1.54, 1.807) is 0 Å². The fourth-order valence-electron chi connectivity index (χ4n) is 3.67. The van der Waals surface area contributed by atoms with Crippen LogP contribution in [0.15, 0.2) is 30.3 Å². The first-order chi connectivity index (χ1) is 10.7. The van der Waals surface area contributed by atoms with Gasteiger partial charge in [0.2, 0.25) is 0 Å². The molecule has 2 heterocycles. The molecule has 3 aromatic rings. The zero-order valence-corrected chi connectivity index (χ0v) is 13.3. The second kappa shape index (κ2) is 5.27. The molecule has 0 amide bonds. The molecule has 0 spiro atoms. The van der Waals surface area contributed by atoms with Gasteiger partial charge in [0.25, 0.3) is 0 Å². The van der Waals surface area contributed by atoms with Crippen molar-refractivity contribution in [1.29, 1.82) is 0 Å². The summed E-state index contributed by atoms with van der Waals surface area (Å²) in [7, 11) is 2.20. The highest BCUT2D eigenvalue weighted by Gasteiger charge is 2.21. The third kappa shape index (κ3) is 2.14. The number of benzene rings is 1. The monoisotopic (exact) mass is 294 g/mol. The summed E-state index contributed by atoms with van der Waals surface area (Å²) in [5.74, 6) is 1.09. The van der Waals surface area contributed by atoms with Gasteiger partial charge in [-0.15, -0.1) is 0 Å². The number of rotatable bonds is 2. The number of fused-ring (bicyclic) bond motifs is 3. The molecule has 1 aliphatic carbocycles. The molecule has 1 fully saturated rings. The Balaban J connectivity index is 1.90. The summed E-state index contributed by atoms with van der Waals surface area (Å²) in [6, 6.07) is 11.1. The molecule has 4 nitrogen and oxygen atoms in total. The Morgan fingerprint density at radius 2 is 1.91 bits per heavy atom. The van der Waals surface area contributed by atoms with Gasteiger partial charge in [-0.2, -0.15) is 5.10 Å². The third-order valence-corrected chi connectivity index (χ3v) is 4.86. The van der Waals surface area contributed by atoms with Crippen molar-refractivity contribution in [3.63, 3.8) is 0 Å². The summed E-state index contributed by atoms with van der Waals surface area (Å²) in [6.07, 6.45) is 6.59. The van der Waals surface area contributed by atoms with Gasteiger partial charge in [0.1, 0.15) is 5.82 Å². The fourth-order valence-corrected chi connectivity index (χ4v) is 3.67. The van der Waals surface area contributed by atoms with E-state index in [0.29, 0.717) is 6.04 Å². The molecular formula is C18H22N4. The summed E-state index contributed by atoms with van der Waals surface area (Å²) in [5, 5.41) is 5.78. The van der Waals surface area contributed by atoms with E-state index in [9.17, 15) is 0 Å². The lowest BCUT2D eigenvalue weighted by molar-refractivity contribution is 0.426. The Morgan fingerprint density at radius 1 is 1.14 bits per heavy atom. The van der Waals surface area contributed by atoms with Gasteiger partial charge in [0, 0.05) is 24.5 Å². The van der Waals surface area contributed by atoms with Crippen molar-refractivity contribution in [2.24, 2.45) is 0 Å². The molecule has 0 atom stereocenters. The van der Waals surface area contributed by atoms with Gasteiger partial charge in [-0.05, 0) is 31.9 Å². The van der Waals surface area contributed by atoms with Crippen molar-refractivity contribution < 1.29 is 0 Å². The summed E-state index contributed by atoms with van der Waals surface area (Å²) in [6.45, 7) is 2.02. The van der Waals surface area contributed by atoms with Crippen LogP contribution in [0, 0.1) is 6.92 Å². The minimum atomic E-state index is 0.608. The van der Waals surface area contributed by atoms with Crippen LogP contribution in [0.3, 0.4) is 0 Å². The molecule has 4 rings (SSSR count). The van der Waals surface area contributed by atoms with Crippen LogP contribution in [0.25, 0.3) is 16.6 Å². The van der Waals surface area contributed by atoms with E-state index in [0.717, 1.165) is 22.7 Å². The van der Waals surface area contributed by atoms with Crippen molar-refractivity contribution in [2.45, 2.75) is 45.1 Å². The molecule has 0 unspecified atom stereocenters. The number of nitrogens with zero attached hydrogens (tertiary/aromatic N) is 4. The third-order valence-electron chi connectivity index (χ3n) is 4.86. The molecule has 1 aromatic carbocycles. The lowest BCUT2D eigenvalue weighted by atomic mass is 9.94. The van der Waals surface area contributed by atoms with Crippen LogP contribution >= 0.6 is 0 Å². The minimum Gasteiger partial charge on any atom is -0.356 e. The van der Waals surface area contributed by atoms with Crippen LogP contribution in [0.4, 0.5) is 5.82 Å². The molecule has 0 saturated heterocycles. The maximum atomic E-state index is 4.93. The van der Waals surface area contributed by atoms with E-state index in [1.807, 2.05) is 11.4 Å². The van der Waals surface area contributed by atoms with Gasteiger partial charge in [-0.3, -0.25) is 0 Å². The van der Waals surface area contributed by atoms with Crippen LogP contribution in [-0.4, -0.2) is 27.7 Å².